The van der Waals surface area contributed by atoms with E-state index >= 15 is 0 Å². The largest absolute Gasteiger partial charge is 0.383 e. The van der Waals surface area contributed by atoms with E-state index in [1.165, 1.54) is 0 Å². The van der Waals surface area contributed by atoms with Gasteiger partial charge in [-0.1, -0.05) is 0 Å². The highest BCUT2D eigenvalue weighted by Crippen LogP contribution is 2.18. The fraction of sp³-hybridized carbons (Fsp3) is 0.538. The first-order valence-corrected chi connectivity index (χ1v) is 6.32. The first-order valence-electron chi connectivity index (χ1n) is 6.32. The monoisotopic (exact) mass is 266 g/mol. The van der Waals surface area contributed by atoms with Gasteiger partial charge >= 0.3 is 0 Å². The van der Waals surface area contributed by atoms with E-state index in [9.17, 15) is 9.18 Å². The molecule has 2 N–H and O–H groups in total. The number of aromatic nitrogens is 1. The predicted octanol–water partition coefficient (Wildman–Crippen LogP) is 0.967. The highest BCUT2D eigenvalue weighted by atomic mass is 19.1. The Kier molecular flexibility index (Phi) is 3.71. The van der Waals surface area contributed by atoms with Gasteiger partial charge in [-0.15, -0.1) is 0 Å². The van der Waals surface area contributed by atoms with E-state index in [1.54, 1.807) is 4.90 Å². The lowest BCUT2D eigenvalue weighted by Gasteiger charge is -2.42. The van der Waals surface area contributed by atoms with Gasteiger partial charge in [-0.25, -0.2) is 9.37 Å². The summed E-state index contributed by atoms with van der Waals surface area (Å²) in [6.07, 6.45) is 1.02. The number of anilines is 1. The van der Waals surface area contributed by atoms with Crippen molar-refractivity contribution in [2.45, 2.75) is 25.9 Å². The molecule has 0 aromatic carbocycles. The minimum Gasteiger partial charge on any atom is -0.383 e. The zero-order valence-electron chi connectivity index (χ0n) is 11.4. The summed E-state index contributed by atoms with van der Waals surface area (Å²) in [4.78, 5) is 20.0. The predicted molar refractivity (Wildman–Crippen MR) is 71.2 cm³/mol. The molecule has 1 fully saturated rings. The van der Waals surface area contributed by atoms with E-state index in [1.807, 2.05) is 7.05 Å². The number of rotatable bonds is 1. The van der Waals surface area contributed by atoms with Crippen molar-refractivity contribution < 1.29 is 9.18 Å². The lowest BCUT2D eigenvalue weighted by molar-refractivity contribution is 0.0414. The molecule has 2 heterocycles. The van der Waals surface area contributed by atoms with Gasteiger partial charge in [-0.2, -0.15) is 0 Å². The molecular formula is C13H19FN4O. The normalized spacial score (nSPS) is 24.5. The van der Waals surface area contributed by atoms with Gasteiger partial charge in [-0.05, 0) is 27.0 Å². The maximum Gasteiger partial charge on any atom is 0.257 e. The number of halogens is 1. The van der Waals surface area contributed by atoms with Crippen molar-refractivity contribution in [3.05, 3.63) is 23.6 Å². The van der Waals surface area contributed by atoms with Crippen LogP contribution in [0.25, 0.3) is 0 Å². The second-order valence-electron chi connectivity index (χ2n) is 5.16. The van der Waals surface area contributed by atoms with Crippen molar-refractivity contribution in [2.24, 2.45) is 0 Å². The summed E-state index contributed by atoms with van der Waals surface area (Å²) in [5.74, 6) is -0.727. The van der Waals surface area contributed by atoms with Gasteiger partial charge in [0.1, 0.15) is 11.6 Å². The van der Waals surface area contributed by atoms with E-state index < -0.39 is 5.82 Å². The summed E-state index contributed by atoms with van der Waals surface area (Å²) in [6.45, 7) is 5.33. The molecule has 1 aromatic rings. The van der Waals surface area contributed by atoms with Crippen molar-refractivity contribution in [2.75, 3.05) is 25.9 Å². The van der Waals surface area contributed by atoms with Gasteiger partial charge in [0.25, 0.3) is 5.91 Å². The standard InChI is InChI=1S/C13H19FN4O/c1-8-6-18(7-9(2)17(8)3)13(19)11-4-10(14)5-16-12(11)15/h4-5,8-9H,6-7H2,1-3H3,(H2,15,16). The Morgan fingerprint density at radius 3 is 2.58 bits per heavy atom. The number of nitrogens with zero attached hydrogens (tertiary/aromatic N) is 3. The van der Waals surface area contributed by atoms with Gasteiger partial charge in [0.15, 0.2) is 0 Å². The Morgan fingerprint density at radius 2 is 2.00 bits per heavy atom. The fourth-order valence-corrected chi connectivity index (χ4v) is 2.36. The second kappa shape index (κ2) is 5.13. The number of amides is 1. The van der Waals surface area contributed by atoms with E-state index in [4.69, 9.17) is 5.73 Å². The number of carbonyl (C=O) groups excluding carboxylic acids is 1. The fourth-order valence-electron chi connectivity index (χ4n) is 2.36. The molecule has 1 aromatic heterocycles. The number of carbonyl (C=O) groups is 1. The smallest absolute Gasteiger partial charge is 0.257 e. The van der Waals surface area contributed by atoms with E-state index in [-0.39, 0.29) is 29.4 Å². The molecule has 2 atom stereocenters. The molecule has 1 aliphatic heterocycles. The topological polar surface area (TPSA) is 62.5 Å². The molecule has 0 saturated carbocycles. The molecule has 2 rings (SSSR count). The Bertz CT molecular complexity index is 482. The molecule has 0 aliphatic carbocycles. The second-order valence-corrected chi connectivity index (χ2v) is 5.16. The molecular weight excluding hydrogens is 247 g/mol. The zero-order valence-corrected chi connectivity index (χ0v) is 11.4. The maximum atomic E-state index is 13.2. The van der Waals surface area contributed by atoms with Crippen LogP contribution in [0.1, 0.15) is 24.2 Å². The Hall–Kier alpha value is -1.69. The van der Waals surface area contributed by atoms with Gasteiger partial charge in [0.05, 0.1) is 11.8 Å². The number of hydrogen-bond acceptors (Lipinski definition) is 4. The minimum absolute atomic E-state index is 0.0747. The summed E-state index contributed by atoms with van der Waals surface area (Å²) in [6, 6.07) is 1.67. The van der Waals surface area contributed by atoms with Gasteiger partial charge in [-0.3, -0.25) is 9.69 Å². The lowest BCUT2D eigenvalue weighted by Crippen LogP contribution is -2.56. The van der Waals surface area contributed by atoms with Crippen LogP contribution in [0.4, 0.5) is 10.2 Å². The first-order chi connectivity index (χ1) is 8.90. The van der Waals surface area contributed by atoms with Crippen molar-refractivity contribution in [3.8, 4) is 0 Å². The highest BCUT2D eigenvalue weighted by Gasteiger charge is 2.30. The molecule has 19 heavy (non-hydrogen) atoms. The number of nitrogen functional groups attached to an aromatic ring is 1. The van der Waals surface area contributed by atoms with E-state index in [0.717, 1.165) is 12.3 Å². The van der Waals surface area contributed by atoms with Gasteiger partial charge < -0.3 is 10.6 Å². The molecule has 104 valence electrons. The summed E-state index contributed by atoms with van der Waals surface area (Å²) < 4.78 is 13.2. The molecule has 6 heteroatoms. The number of piperazine rings is 1. The van der Waals surface area contributed by atoms with Gasteiger partial charge in [0.2, 0.25) is 0 Å². The molecule has 5 nitrogen and oxygen atoms in total. The zero-order chi connectivity index (χ0) is 14.2. The van der Waals surface area contributed by atoms with Crippen LogP contribution in [-0.2, 0) is 0 Å². The van der Waals surface area contributed by atoms with Crippen molar-refractivity contribution in [3.63, 3.8) is 0 Å². The molecule has 1 amide bonds. The van der Waals surface area contributed by atoms with Crippen molar-refractivity contribution in [1.29, 1.82) is 0 Å². The van der Waals surface area contributed by atoms with Crippen LogP contribution < -0.4 is 5.73 Å². The number of pyridine rings is 1. The summed E-state index contributed by atoms with van der Waals surface area (Å²) in [5, 5.41) is 0. The minimum atomic E-state index is -0.548. The SMILES string of the molecule is CC1CN(C(=O)c2cc(F)cnc2N)CC(C)N1C. The molecule has 1 saturated heterocycles. The molecule has 2 unspecified atom stereocenters. The van der Waals surface area contributed by atoms with Crippen LogP contribution in [0.3, 0.4) is 0 Å². The van der Waals surface area contributed by atoms with Gasteiger partial charge in [0, 0.05) is 25.2 Å². The van der Waals surface area contributed by atoms with E-state index in [0.29, 0.717) is 13.1 Å². The summed E-state index contributed by atoms with van der Waals surface area (Å²) in [5.41, 5.74) is 5.80. The summed E-state index contributed by atoms with van der Waals surface area (Å²) >= 11 is 0. The average Bonchev–Trinajstić information content (AvgIpc) is 2.37. The lowest BCUT2D eigenvalue weighted by atomic mass is 10.1. The number of likely N-dealkylation sites (N-methyl/N-ethyl adjacent to an activating group) is 1. The quantitative estimate of drug-likeness (QED) is 0.822. The van der Waals surface area contributed by atoms with Crippen LogP contribution in [0.5, 0.6) is 0 Å². The van der Waals surface area contributed by atoms with E-state index in [2.05, 4.69) is 23.7 Å². The van der Waals surface area contributed by atoms with Crippen LogP contribution in [0.2, 0.25) is 0 Å². The Balaban J connectivity index is 2.22. The third kappa shape index (κ3) is 2.68. The number of hydrogen-bond donors (Lipinski definition) is 1. The highest BCUT2D eigenvalue weighted by molar-refractivity contribution is 5.98. The van der Waals surface area contributed by atoms with Crippen LogP contribution in [-0.4, -0.2) is 52.9 Å². The van der Waals surface area contributed by atoms with Crippen LogP contribution in [0.15, 0.2) is 12.3 Å². The molecule has 0 spiro atoms. The van der Waals surface area contributed by atoms with Crippen molar-refractivity contribution >= 4 is 11.7 Å². The third-order valence-corrected chi connectivity index (χ3v) is 3.76. The van der Waals surface area contributed by atoms with Crippen LogP contribution in [0, 0.1) is 5.82 Å². The number of nitrogens with two attached hydrogens (primary N) is 1. The summed E-state index contributed by atoms with van der Waals surface area (Å²) in [7, 11) is 2.04. The maximum absolute atomic E-state index is 13.2. The Morgan fingerprint density at radius 1 is 1.42 bits per heavy atom. The van der Waals surface area contributed by atoms with Crippen molar-refractivity contribution in [1.82, 2.24) is 14.8 Å². The molecule has 0 radical (unpaired) electrons. The third-order valence-electron chi connectivity index (χ3n) is 3.76. The average molecular weight is 266 g/mol. The first kappa shape index (κ1) is 13.7. The Labute approximate surface area is 112 Å². The van der Waals surface area contributed by atoms with Crippen LogP contribution >= 0.6 is 0 Å². The molecule has 1 aliphatic rings. The molecule has 0 bridgehead atoms.